The first-order valence-corrected chi connectivity index (χ1v) is 7.13. The summed E-state index contributed by atoms with van der Waals surface area (Å²) in [7, 11) is 0. The van der Waals surface area contributed by atoms with Crippen LogP contribution in [-0.4, -0.2) is 29.0 Å². The van der Waals surface area contributed by atoms with Crippen LogP contribution < -0.4 is 10.2 Å². The number of nitrogens with zero attached hydrogens (tertiary/aromatic N) is 3. The Labute approximate surface area is 114 Å². The maximum atomic E-state index is 11.6. The molecule has 2 heterocycles. The van der Waals surface area contributed by atoms with Gasteiger partial charge in [0.05, 0.1) is 12.2 Å². The van der Waals surface area contributed by atoms with Crippen molar-refractivity contribution in [3.8, 4) is 0 Å². The van der Waals surface area contributed by atoms with Gasteiger partial charge in [-0.1, -0.05) is 13.3 Å². The van der Waals surface area contributed by atoms with Gasteiger partial charge in [0, 0.05) is 25.7 Å². The molecule has 1 fully saturated rings. The van der Waals surface area contributed by atoms with Crippen LogP contribution in [0, 0.1) is 0 Å². The van der Waals surface area contributed by atoms with Crippen molar-refractivity contribution in [2.45, 2.75) is 45.6 Å². The first kappa shape index (κ1) is 13.8. The molecule has 1 aromatic heterocycles. The van der Waals surface area contributed by atoms with Gasteiger partial charge in [0.1, 0.15) is 0 Å². The van der Waals surface area contributed by atoms with Gasteiger partial charge in [-0.2, -0.15) is 0 Å². The van der Waals surface area contributed by atoms with Crippen LogP contribution >= 0.6 is 0 Å². The summed E-state index contributed by atoms with van der Waals surface area (Å²) in [5.74, 6) is 0.890. The maximum Gasteiger partial charge on any atom is 0.225 e. The van der Waals surface area contributed by atoms with Crippen LogP contribution in [0.15, 0.2) is 12.3 Å². The minimum Gasteiger partial charge on any atom is -0.350 e. The predicted octanol–water partition coefficient (Wildman–Crippen LogP) is 1.88. The molecule has 5 nitrogen and oxygen atoms in total. The average Bonchev–Trinajstić information content (AvgIpc) is 2.97. The summed E-state index contributed by atoms with van der Waals surface area (Å²) in [6.07, 6.45) is 6.77. The first-order chi connectivity index (χ1) is 9.29. The van der Waals surface area contributed by atoms with E-state index in [1.165, 1.54) is 12.8 Å². The molecule has 104 valence electrons. The normalized spacial score (nSPS) is 14.7. The number of rotatable bonds is 6. The van der Waals surface area contributed by atoms with E-state index < -0.39 is 0 Å². The highest BCUT2D eigenvalue weighted by Crippen LogP contribution is 2.15. The van der Waals surface area contributed by atoms with Gasteiger partial charge in [-0.15, -0.1) is 0 Å². The molecule has 1 aliphatic rings. The van der Waals surface area contributed by atoms with E-state index in [-0.39, 0.29) is 5.91 Å². The number of amides is 1. The molecule has 1 amide bonds. The van der Waals surface area contributed by atoms with Crippen LogP contribution in [0.2, 0.25) is 0 Å². The van der Waals surface area contributed by atoms with Gasteiger partial charge in [0.2, 0.25) is 11.9 Å². The quantitative estimate of drug-likeness (QED) is 0.850. The molecule has 0 aliphatic carbocycles. The molecule has 1 aromatic rings. The minimum atomic E-state index is 0.100. The van der Waals surface area contributed by atoms with E-state index in [1.807, 2.05) is 6.07 Å². The second kappa shape index (κ2) is 7.07. The fraction of sp³-hybridized carbons (Fsp3) is 0.643. The van der Waals surface area contributed by atoms with Gasteiger partial charge >= 0.3 is 0 Å². The van der Waals surface area contributed by atoms with E-state index in [9.17, 15) is 4.79 Å². The summed E-state index contributed by atoms with van der Waals surface area (Å²) in [6.45, 7) is 4.64. The van der Waals surface area contributed by atoms with Crippen molar-refractivity contribution in [1.82, 2.24) is 15.3 Å². The molecule has 5 heteroatoms. The fourth-order valence-corrected chi connectivity index (χ4v) is 2.17. The van der Waals surface area contributed by atoms with Crippen molar-refractivity contribution in [3.05, 3.63) is 18.0 Å². The van der Waals surface area contributed by atoms with E-state index in [0.717, 1.165) is 37.6 Å². The Bertz CT molecular complexity index is 416. The molecule has 0 aromatic carbocycles. The highest BCUT2D eigenvalue weighted by molar-refractivity contribution is 5.75. The maximum absolute atomic E-state index is 11.6. The largest absolute Gasteiger partial charge is 0.350 e. The lowest BCUT2D eigenvalue weighted by atomic mass is 10.2. The van der Waals surface area contributed by atoms with Crippen molar-refractivity contribution in [2.24, 2.45) is 0 Å². The van der Waals surface area contributed by atoms with E-state index in [0.29, 0.717) is 13.0 Å². The van der Waals surface area contributed by atoms with E-state index >= 15 is 0 Å². The molecule has 0 unspecified atom stereocenters. The smallest absolute Gasteiger partial charge is 0.225 e. The number of anilines is 1. The molecule has 0 radical (unpaired) electrons. The Morgan fingerprint density at radius 3 is 2.95 bits per heavy atom. The Kier molecular flexibility index (Phi) is 5.12. The molecule has 0 spiro atoms. The van der Waals surface area contributed by atoms with E-state index in [4.69, 9.17) is 0 Å². The van der Waals surface area contributed by atoms with Crippen LogP contribution in [0.5, 0.6) is 0 Å². The molecular formula is C14H22N4O. The third kappa shape index (κ3) is 4.19. The lowest BCUT2D eigenvalue weighted by molar-refractivity contribution is -0.121. The second-order valence-corrected chi connectivity index (χ2v) is 4.92. The van der Waals surface area contributed by atoms with Crippen molar-refractivity contribution >= 4 is 11.9 Å². The molecule has 1 aliphatic heterocycles. The van der Waals surface area contributed by atoms with E-state index in [2.05, 4.69) is 27.1 Å². The van der Waals surface area contributed by atoms with E-state index in [1.54, 1.807) is 6.20 Å². The predicted molar refractivity (Wildman–Crippen MR) is 74.9 cm³/mol. The number of aromatic nitrogens is 2. The number of carbonyl (C=O) groups is 1. The molecule has 0 saturated carbocycles. The highest BCUT2D eigenvalue weighted by Gasteiger charge is 2.14. The summed E-state index contributed by atoms with van der Waals surface area (Å²) in [5.41, 5.74) is 0.877. The number of unbranched alkanes of at least 4 members (excludes halogenated alkanes) is 1. The van der Waals surface area contributed by atoms with Gasteiger partial charge in [0.15, 0.2) is 0 Å². The van der Waals surface area contributed by atoms with Crippen LogP contribution in [0.25, 0.3) is 0 Å². The average molecular weight is 262 g/mol. The zero-order valence-electron chi connectivity index (χ0n) is 11.6. The number of nitrogens with one attached hydrogen (secondary N) is 1. The molecule has 1 saturated heterocycles. The second-order valence-electron chi connectivity index (χ2n) is 4.92. The molecule has 2 rings (SSSR count). The molecule has 0 bridgehead atoms. The number of hydrogen-bond donors (Lipinski definition) is 1. The Morgan fingerprint density at radius 2 is 2.21 bits per heavy atom. The van der Waals surface area contributed by atoms with Crippen LogP contribution in [0.4, 0.5) is 5.95 Å². The number of carbonyl (C=O) groups excluding carboxylic acids is 1. The van der Waals surface area contributed by atoms with Gasteiger partial charge in [-0.3, -0.25) is 4.79 Å². The SMILES string of the molecule is CCCCC(=O)NCc1ccnc(N2CCCC2)n1. The van der Waals surface area contributed by atoms with Crippen LogP contribution in [-0.2, 0) is 11.3 Å². The topological polar surface area (TPSA) is 58.1 Å². The lowest BCUT2D eigenvalue weighted by Gasteiger charge is -2.15. The third-order valence-electron chi connectivity index (χ3n) is 3.31. The summed E-state index contributed by atoms with van der Waals surface area (Å²) in [4.78, 5) is 22.6. The van der Waals surface area contributed by atoms with Crippen LogP contribution in [0.1, 0.15) is 44.7 Å². The van der Waals surface area contributed by atoms with Gasteiger partial charge in [-0.05, 0) is 25.3 Å². The summed E-state index contributed by atoms with van der Waals surface area (Å²) in [6, 6.07) is 1.86. The summed E-state index contributed by atoms with van der Waals surface area (Å²) >= 11 is 0. The summed E-state index contributed by atoms with van der Waals surface area (Å²) in [5, 5.41) is 2.90. The van der Waals surface area contributed by atoms with Gasteiger partial charge in [0.25, 0.3) is 0 Å². The van der Waals surface area contributed by atoms with Gasteiger partial charge in [-0.25, -0.2) is 9.97 Å². The minimum absolute atomic E-state index is 0.100. The molecular weight excluding hydrogens is 240 g/mol. The number of hydrogen-bond acceptors (Lipinski definition) is 4. The first-order valence-electron chi connectivity index (χ1n) is 7.13. The fourth-order valence-electron chi connectivity index (χ4n) is 2.17. The van der Waals surface area contributed by atoms with Crippen molar-refractivity contribution in [3.63, 3.8) is 0 Å². The standard InChI is InChI=1S/C14H22N4O/c1-2-3-6-13(19)16-11-12-7-8-15-14(17-12)18-9-4-5-10-18/h7-8H,2-6,9-11H2,1H3,(H,16,19). The van der Waals surface area contributed by atoms with Crippen molar-refractivity contribution < 1.29 is 4.79 Å². The zero-order chi connectivity index (χ0) is 13.5. The lowest BCUT2D eigenvalue weighted by Crippen LogP contribution is -2.24. The van der Waals surface area contributed by atoms with Crippen molar-refractivity contribution in [1.29, 1.82) is 0 Å². The molecule has 0 atom stereocenters. The monoisotopic (exact) mass is 262 g/mol. The Balaban J connectivity index is 1.86. The third-order valence-corrected chi connectivity index (χ3v) is 3.31. The molecule has 19 heavy (non-hydrogen) atoms. The van der Waals surface area contributed by atoms with Crippen LogP contribution in [0.3, 0.4) is 0 Å². The summed E-state index contributed by atoms with van der Waals surface area (Å²) < 4.78 is 0. The zero-order valence-corrected chi connectivity index (χ0v) is 11.6. The molecule has 1 N–H and O–H groups in total. The van der Waals surface area contributed by atoms with Gasteiger partial charge < -0.3 is 10.2 Å². The highest BCUT2D eigenvalue weighted by atomic mass is 16.1. The Morgan fingerprint density at radius 1 is 1.42 bits per heavy atom. The van der Waals surface area contributed by atoms with Crippen molar-refractivity contribution in [2.75, 3.05) is 18.0 Å². The Hall–Kier alpha value is -1.65.